The molecule has 1 aliphatic heterocycles. The highest BCUT2D eigenvalue weighted by Gasteiger charge is 2.29. The lowest BCUT2D eigenvalue weighted by atomic mass is 10.0. The Morgan fingerprint density at radius 2 is 1.70 bits per heavy atom. The molecule has 0 atom stereocenters. The average Bonchev–Trinajstić information content (AvgIpc) is 2.43. The third-order valence-electron chi connectivity index (χ3n) is 3.88. The lowest BCUT2D eigenvalue weighted by Crippen LogP contribution is -2.53. The van der Waals surface area contributed by atoms with E-state index >= 15 is 0 Å². The van der Waals surface area contributed by atoms with Gasteiger partial charge in [0.2, 0.25) is 0 Å². The van der Waals surface area contributed by atoms with Crippen LogP contribution in [0.2, 0.25) is 10.0 Å². The van der Waals surface area contributed by atoms with E-state index in [0.717, 1.165) is 48.3 Å². The monoisotopic (exact) mass is 311 g/mol. The van der Waals surface area contributed by atoms with Crippen LogP contribution in [0, 0.1) is 11.3 Å². The fourth-order valence-corrected chi connectivity index (χ4v) is 2.96. The predicted molar refractivity (Wildman–Crippen MR) is 83.0 cm³/mol. The molecule has 0 N–H and O–H groups in total. The minimum absolute atomic E-state index is 0.395. The Kier molecular flexibility index (Phi) is 4.93. The Morgan fingerprint density at radius 1 is 1.15 bits per heavy atom. The molecule has 0 saturated carbocycles. The molecule has 0 unspecified atom stereocenters. The summed E-state index contributed by atoms with van der Waals surface area (Å²) in [5.74, 6) is 0. The normalized spacial score (nSPS) is 17.9. The van der Waals surface area contributed by atoms with E-state index in [-0.39, 0.29) is 0 Å². The van der Waals surface area contributed by atoms with Gasteiger partial charge in [-0.15, -0.1) is 0 Å². The van der Waals surface area contributed by atoms with Crippen LogP contribution < -0.4 is 0 Å². The van der Waals surface area contributed by atoms with E-state index in [0.29, 0.717) is 0 Å². The Hall–Kier alpha value is -0.790. The highest BCUT2D eigenvalue weighted by molar-refractivity contribution is 6.35. The van der Waals surface area contributed by atoms with Crippen LogP contribution in [0.1, 0.15) is 19.4 Å². The zero-order valence-corrected chi connectivity index (χ0v) is 13.4. The molecule has 5 heteroatoms. The predicted octanol–water partition coefficient (Wildman–Crippen LogP) is 3.41. The van der Waals surface area contributed by atoms with Crippen molar-refractivity contribution in [1.82, 2.24) is 9.80 Å². The fourth-order valence-electron chi connectivity index (χ4n) is 2.44. The van der Waals surface area contributed by atoms with Crippen LogP contribution in [0.25, 0.3) is 0 Å². The van der Waals surface area contributed by atoms with Gasteiger partial charge in [-0.25, -0.2) is 0 Å². The van der Waals surface area contributed by atoms with Gasteiger partial charge in [0.15, 0.2) is 0 Å². The summed E-state index contributed by atoms with van der Waals surface area (Å²) in [5, 5.41) is 10.6. The number of nitriles is 1. The lowest BCUT2D eigenvalue weighted by molar-refractivity contribution is 0.0764. The first-order valence-electron chi connectivity index (χ1n) is 6.75. The molecule has 108 valence electrons. The van der Waals surface area contributed by atoms with Crippen molar-refractivity contribution in [2.24, 2.45) is 0 Å². The summed E-state index contributed by atoms with van der Waals surface area (Å²) in [4.78, 5) is 4.55. The Bertz CT molecular complexity index is 494. The van der Waals surface area contributed by atoms with Crippen molar-refractivity contribution in [3.05, 3.63) is 33.8 Å². The van der Waals surface area contributed by atoms with Crippen molar-refractivity contribution in [2.45, 2.75) is 25.9 Å². The Balaban J connectivity index is 1.97. The highest BCUT2D eigenvalue weighted by atomic mass is 35.5. The van der Waals surface area contributed by atoms with Crippen molar-refractivity contribution in [1.29, 1.82) is 5.26 Å². The molecule has 0 radical (unpaired) electrons. The minimum atomic E-state index is -0.395. The summed E-state index contributed by atoms with van der Waals surface area (Å²) < 4.78 is 0. The van der Waals surface area contributed by atoms with E-state index in [1.807, 2.05) is 32.0 Å². The largest absolute Gasteiger partial charge is 0.296 e. The summed E-state index contributed by atoms with van der Waals surface area (Å²) in [5.41, 5.74) is 0.595. The molecule has 1 aromatic rings. The number of halogens is 2. The topological polar surface area (TPSA) is 30.3 Å². The molecular formula is C15H19Cl2N3. The second-order valence-electron chi connectivity index (χ2n) is 5.63. The summed E-state index contributed by atoms with van der Waals surface area (Å²) in [6.07, 6.45) is 0. The van der Waals surface area contributed by atoms with Gasteiger partial charge in [-0.2, -0.15) is 5.26 Å². The Labute approximate surface area is 130 Å². The van der Waals surface area contributed by atoms with Gasteiger partial charge >= 0.3 is 0 Å². The van der Waals surface area contributed by atoms with Crippen LogP contribution in [-0.2, 0) is 6.54 Å². The maximum atomic E-state index is 9.18. The Morgan fingerprint density at radius 3 is 2.20 bits per heavy atom. The third-order valence-corrected chi connectivity index (χ3v) is 4.59. The first kappa shape index (κ1) is 15.6. The summed E-state index contributed by atoms with van der Waals surface area (Å²) >= 11 is 12.4. The van der Waals surface area contributed by atoms with Crippen molar-refractivity contribution in [3.8, 4) is 6.07 Å². The molecule has 1 aliphatic rings. The summed E-state index contributed by atoms with van der Waals surface area (Å²) in [6, 6.07) is 7.97. The summed E-state index contributed by atoms with van der Waals surface area (Å²) in [7, 11) is 0. The molecule has 1 heterocycles. The van der Waals surface area contributed by atoms with E-state index < -0.39 is 5.54 Å². The van der Waals surface area contributed by atoms with Crippen LogP contribution >= 0.6 is 23.2 Å². The van der Waals surface area contributed by atoms with Gasteiger partial charge in [0.05, 0.1) is 6.07 Å². The van der Waals surface area contributed by atoms with Gasteiger partial charge in [0.25, 0.3) is 0 Å². The molecule has 1 saturated heterocycles. The quantitative estimate of drug-likeness (QED) is 0.857. The molecule has 3 nitrogen and oxygen atoms in total. The van der Waals surface area contributed by atoms with Gasteiger partial charge < -0.3 is 0 Å². The van der Waals surface area contributed by atoms with E-state index in [2.05, 4.69) is 15.9 Å². The van der Waals surface area contributed by atoms with Crippen LogP contribution in [0.5, 0.6) is 0 Å². The first-order chi connectivity index (χ1) is 9.44. The lowest BCUT2D eigenvalue weighted by Gasteiger charge is -2.40. The third kappa shape index (κ3) is 3.45. The number of nitrogens with zero attached hydrogens (tertiary/aromatic N) is 3. The van der Waals surface area contributed by atoms with Crippen molar-refractivity contribution in [2.75, 3.05) is 26.2 Å². The van der Waals surface area contributed by atoms with E-state index in [9.17, 15) is 5.26 Å². The van der Waals surface area contributed by atoms with E-state index in [4.69, 9.17) is 23.2 Å². The zero-order chi connectivity index (χ0) is 14.8. The fraction of sp³-hybridized carbons (Fsp3) is 0.533. The number of hydrogen-bond donors (Lipinski definition) is 0. The summed E-state index contributed by atoms with van der Waals surface area (Å²) in [6.45, 7) is 8.32. The maximum absolute atomic E-state index is 9.18. The number of rotatable bonds is 3. The molecular weight excluding hydrogens is 293 g/mol. The standard InChI is InChI=1S/C15H19Cl2N3/c1-15(2,11-18)20-8-6-19(7-9-20)10-12-13(16)4-3-5-14(12)17/h3-5H,6-10H2,1-2H3. The van der Waals surface area contributed by atoms with Gasteiger partial charge in [-0.05, 0) is 26.0 Å². The molecule has 0 aliphatic carbocycles. The van der Waals surface area contributed by atoms with Gasteiger partial charge in [-0.1, -0.05) is 29.3 Å². The molecule has 0 spiro atoms. The van der Waals surface area contributed by atoms with Crippen LogP contribution in [0.3, 0.4) is 0 Å². The molecule has 0 aromatic heterocycles. The van der Waals surface area contributed by atoms with Crippen LogP contribution in [-0.4, -0.2) is 41.5 Å². The average molecular weight is 312 g/mol. The van der Waals surface area contributed by atoms with E-state index in [1.165, 1.54) is 0 Å². The molecule has 0 amide bonds. The zero-order valence-electron chi connectivity index (χ0n) is 11.9. The molecule has 0 bridgehead atoms. The second-order valence-corrected chi connectivity index (χ2v) is 6.45. The van der Waals surface area contributed by atoms with Gasteiger partial charge in [0.1, 0.15) is 5.54 Å². The highest BCUT2D eigenvalue weighted by Crippen LogP contribution is 2.26. The van der Waals surface area contributed by atoms with Crippen LogP contribution in [0.15, 0.2) is 18.2 Å². The van der Waals surface area contributed by atoms with Crippen molar-refractivity contribution in [3.63, 3.8) is 0 Å². The molecule has 1 fully saturated rings. The first-order valence-corrected chi connectivity index (χ1v) is 7.51. The molecule has 1 aromatic carbocycles. The minimum Gasteiger partial charge on any atom is -0.296 e. The van der Waals surface area contributed by atoms with Crippen molar-refractivity contribution >= 4 is 23.2 Å². The smallest absolute Gasteiger partial charge is 0.103 e. The van der Waals surface area contributed by atoms with Crippen LogP contribution in [0.4, 0.5) is 0 Å². The van der Waals surface area contributed by atoms with Gasteiger partial charge in [0, 0.05) is 48.3 Å². The SMILES string of the molecule is CC(C)(C#N)N1CCN(Cc2c(Cl)cccc2Cl)CC1. The van der Waals surface area contributed by atoms with E-state index in [1.54, 1.807) is 0 Å². The molecule has 2 rings (SSSR count). The van der Waals surface area contributed by atoms with Gasteiger partial charge in [-0.3, -0.25) is 9.80 Å². The number of piperazine rings is 1. The second kappa shape index (κ2) is 6.32. The number of hydrogen-bond acceptors (Lipinski definition) is 3. The maximum Gasteiger partial charge on any atom is 0.103 e. The molecule has 20 heavy (non-hydrogen) atoms. The van der Waals surface area contributed by atoms with Crippen molar-refractivity contribution < 1.29 is 0 Å². The number of benzene rings is 1.